The second kappa shape index (κ2) is 5.52. The normalized spacial score (nSPS) is 22.3. The summed E-state index contributed by atoms with van der Waals surface area (Å²) in [7, 11) is 1.82. The van der Waals surface area contributed by atoms with Crippen LogP contribution >= 0.6 is 11.3 Å². The SMILES string of the molecule is CN(Cc1cc2ccccc2s1)C(=O)[C@H]1C[C@@H](O)CN1. The van der Waals surface area contributed by atoms with E-state index >= 15 is 0 Å². The summed E-state index contributed by atoms with van der Waals surface area (Å²) in [6, 6.07) is 10.1. The van der Waals surface area contributed by atoms with Gasteiger partial charge in [-0.05, 0) is 23.9 Å². The van der Waals surface area contributed by atoms with Gasteiger partial charge in [-0.3, -0.25) is 4.79 Å². The lowest BCUT2D eigenvalue weighted by Crippen LogP contribution is -2.41. The highest BCUT2D eigenvalue weighted by Gasteiger charge is 2.30. The van der Waals surface area contributed by atoms with E-state index in [4.69, 9.17) is 0 Å². The molecule has 20 heavy (non-hydrogen) atoms. The van der Waals surface area contributed by atoms with E-state index in [1.165, 1.54) is 15.0 Å². The van der Waals surface area contributed by atoms with Crippen LogP contribution in [0.4, 0.5) is 0 Å². The average molecular weight is 290 g/mol. The lowest BCUT2D eigenvalue weighted by Gasteiger charge is -2.20. The Bertz CT molecular complexity index is 592. The largest absolute Gasteiger partial charge is 0.392 e. The number of likely N-dealkylation sites (N-methyl/N-ethyl adjacent to an activating group) is 1. The predicted molar refractivity (Wildman–Crippen MR) is 80.7 cm³/mol. The van der Waals surface area contributed by atoms with Crippen LogP contribution in [0.1, 0.15) is 11.3 Å². The molecule has 2 atom stereocenters. The fourth-order valence-corrected chi connectivity index (χ4v) is 3.72. The van der Waals surface area contributed by atoms with Gasteiger partial charge in [0.15, 0.2) is 0 Å². The number of fused-ring (bicyclic) bond motifs is 1. The number of hydrogen-bond acceptors (Lipinski definition) is 4. The van der Waals surface area contributed by atoms with Gasteiger partial charge in [-0.25, -0.2) is 0 Å². The molecule has 1 saturated heterocycles. The fraction of sp³-hybridized carbons (Fsp3) is 0.400. The molecular weight excluding hydrogens is 272 g/mol. The topological polar surface area (TPSA) is 52.6 Å². The predicted octanol–water partition coefficient (Wildman–Crippen LogP) is 1.58. The Balaban J connectivity index is 1.68. The Kier molecular flexibility index (Phi) is 3.74. The van der Waals surface area contributed by atoms with Gasteiger partial charge in [0, 0.05) is 23.2 Å². The van der Waals surface area contributed by atoms with Crippen molar-refractivity contribution in [1.29, 1.82) is 0 Å². The summed E-state index contributed by atoms with van der Waals surface area (Å²) in [6.45, 7) is 1.12. The van der Waals surface area contributed by atoms with Crippen molar-refractivity contribution in [1.82, 2.24) is 10.2 Å². The van der Waals surface area contributed by atoms with Gasteiger partial charge in [0.1, 0.15) is 0 Å². The van der Waals surface area contributed by atoms with Crippen LogP contribution < -0.4 is 5.32 Å². The second-order valence-electron chi connectivity index (χ2n) is 5.30. The first-order valence-corrected chi connectivity index (χ1v) is 7.59. The first-order chi connectivity index (χ1) is 9.63. The third-order valence-electron chi connectivity index (χ3n) is 3.65. The number of β-amino-alcohol motifs (C(OH)–C–C–N with tert-alkyl or cyclic N) is 1. The van der Waals surface area contributed by atoms with Gasteiger partial charge in [-0.1, -0.05) is 18.2 Å². The molecule has 0 spiro atoms. The summed E-state index contributed by atoms with van der Waals surface area (Å²) in [5.41, 5.74) is 0. The lowest BCUT2D eigenvalue weighted by atomic mass is 10.2. The van der Waals surface area contributed by atoms with E-state index in [0.29, 0.717) is 19.5 Å². The van der Waals surface area contributed by atoms with E-state index in [2.05, 4.69) is 23.5 Å². The quantitative estimate of drug-likeness (QED) is 0.902. The number of carbonyl (C=O) groups is 1. The van der Waals surface area contributed by atoms with Gasteiger partial charge in [0.05, 0.1) is 18.7 Å². The number of aliphatic hydroxyl groups is 1. The number of nitrogens with one attached hydrogen (secondary N) is 1. The van der Waals surface area contributed by atoms with Crippen LogP contribution in [0.2, 0.25) is 0 Å². The van der Waals surface area contributed by atoms with Crippen molar-refractivity contribution in [2.75, 3.05) is 13.6 Å². The highest BCUT2D eigenvalue weighted by Crippen LogP contribution is 2.26. The Morgan fingerprint density at radius 2 is 2.30 bits per heavy atom. The van der Waals surface area contributed by atoms with Crippen LogP contribution in [0.5, 0.6) is 0 Å². The van der Waals surface area contributed by atoms with E-state index in [-0.39, 0.29) is 11.9 Å². The van der Waals surface area contributed by atoms with E-state index in [1.54, 1.807) is 16.2 Å². The Labute approximate surface area is 122 Å². The number of thiophene rings is 1. The minimum absolute atomic E-state index is 0.0546. The number of amides is 1. The zero-order valence-corrected chi connectivity index (χ0v) is 12.2. The molecular formula is C15H18N2O2S. The Hall–Kier alpha value is -1.43. The van der Waals surface area contributed by atoms with Crippen LogP contribution in [0.3, 0.4) is 0 Å². The van der Waals surface area contributed by atoms with Crippen LogP contribution in [-0.4, -0.2) is 41.7 Å². The van der Waals surface area contributed by atoms with Crippen LogP contribution in [0.25, 0.3) is 10.1 Å². The molecule has 1 fully saturated rings. The molecule has 2 aromatic rings. The highest BCUT2D eigenvalue weighted by atomic mass is 32.1. The minimum atomic E-state index is -0.401. The van der Waals surface area contributed by atoms with Gasteiger partial charge in [0.2, 0.25) is 5.91 Å². The second-order valence-corrected chi connectivity index (χ2v) is 6.46. The average Bonchev–Trinajstić information content (AvgIpc) is 3.03. The summed E-state index contributed by atoms with van der Waals surface area (Å²) in [4.78, 5) is 15.2. The van der Waals surface area contributed by atoms with Crippen molar-refractivity contribution in [2.24, 2.45) is 0 Å². The van der Waals surface area contributed by atoms with Crippen molar-refractivity contribution in [3.63, 3.8) is 0 Å². The van der Waals surface area contributed by atoms with E-state index in [9.17, 15) is 9.90 Å². The molecule has 0 radical (unpaired) electrons. The maximum atomic E-state index is 12.3. The molecule has 2 heterocycles. The Morgan fingerprint density at radius 1 is 1.50 bits per heavy atom. The molecule has 4 nitrogen and oxygen atoms in total. The zero-order chi connectivity index (χ0) is 14.1. The Morgan fingerprint density at radius 3 is 3.00 bits per heavy atom. The summed E-state index contributed by atoms with van der Waals surface area (Å²) >= 11 is 1.72. The van der Waals surface area contributed by atoms with Gasteiger partial charge < -0.3 is 15.3 Å². The van der Waals surface area contributed by atoms with E-state index < -0.39 is 6.10 Å². The molecule has 3 rings (SSSR count). The number of aliphatic hydroxyl groups excluding tert-OH is 1. The number of benzene rings is 1. The van der Waals surface area contributed by atoms with Gasteiger partial charge in [-0.15, -0.1) is 11.3 Å². The van der Waals surface area contributed by atoms with Gasteiger partial charge in [0.25, 0.3) is 0 Å². The summed E-state index contributed by atoms with van der Waals surface area (Å²) in [5.74, 6) is 0.0546. The van der Waals surface area contributed by atoms with Gasteiger partial charge in [-0.2, -0.15) is 0 Å². The number of carbonyl (C=O) groups excluding carboxylic acids is 1. The summed E-state index contributed by atoms with van der Waals surface area (Å²) < 4.78 is 1.25. The number of nitrogens with zero attached hydrogens (tertiary/aromatic N) is 1. The molecule has 106 valence electrons. The minimum Gasteiger partial charge on any atom is -0.392 e. The number of hydrogen-bond donors (Lipinski definition) is 2. The molecule has 1 aromatic heterocycles. The molecule has 1 amide bonds. The highest BCUT2D eigenvalue weighted by molar-refractivity contribution is 7.19. The van der Waals surface area contributed by atoms with Crippen LogP contribution in [0.15, 0.2) is 30.3 Å². The van der Waals surface area contributed by atoms with Crippen molar-refractivity contribution < 1.29 is 9.90 Å². The molecule has 5 heteroatoms. The van der Waals surface area contributed by atoms with E-state index in [0.717, 1.165) is 0 Å². The smallest absolute Gasteiger partial charge is 0.239 e. The third-order valence-corrected chi connectivity index (χ3v) is 4.75. The summed E-state index contributed by atoms with van der Waals surface area (Å²) in [6.07, 6.45) is 0.108. The fourth-order valence-electron chi connectivity index (χ4n) is 2.60. The lowest BCUT2D eigenvalue weighted by molar-refractivity contribution is -0.132. The zero-order valence-electron chi connectivity index (χ0n) is 11.4. The molecule has 0 unspecified atom stereocenters. The molecule has 0 saturated carbocycles. The van der Waals surface area contributed by atoms with Crippen LogP contribution in [-0.2, 0) is 11.3 Å². The first kappa shape index (κ1) is 13.5. The number of rotatable bonds is 3. The van der Waals surface area contributed by atoms with Crippen molar-refractivity contribution in [3.8, 4) is 0 Å². The maximum Gasteiger partial charge on any atom is 0.239 e. The maximum absolute atomic E-state index is 12.3. The molecule has 0 bridgehead atoms. The van der Waals surface area contributed by atoms with Crippen molar-refractivity contribution >= 4 is 27.3 Å². The third kappa shape index (κ3) is 2.70. The van der Waals surface area contributed by atoms with Crippen LogP contribution in [0, 0.1) is 0 Å². The van der Waals surface area contributed by atoms with Crippen molar-refractivity contribution in [3.05, 3.63) is 35.2 Å². The standard InChI is InChI=1S/C15H18N2O2S/c1-17(15(19)13-7-11(18)8-16-13)9-12-6-10-4-2-3-5-14(10)20-12/h2-6,11,13,16,18H,7-9H2,1H3/t11-,13-/m1/s1. The first-order valence-electron chi connectivity index (χ1n) is 6.77. The molecule has 2 N–H and O–H groups in total. The molecule has 0 aliphatic carbocycles. The van der Waals surface area contributed by atoms with Gasteiger partial charge >= 0.3 is 0 Å². The van der Waals surface area contributed by atoms with Crippen molar-refractivity contribution in [2.45, 2.75) is 25.1 Å². The monoisotopic (exact) mass is 290 g/mol. The van der Waals surface area contributed by atoms with E-state index in [1.807, 2.05) is 19.2 Å². The molecule has 1 aromatic carbocycles. The summed E-state index contributed by atoms with van der Waals surface area (Å²) in [5, 5.41) is 13.8. The molecule has 1 aliphatic rings. The molecule has 1 aliphatic heterocycles.